The smallest absolute Gasteiger partial charge is 0.123 e. The van der Waals surface area contributed by atoms with Crippen molar-refractivity contribution in [2.75, 3.05) is 17.2 Å². The molecule has 0 bridgehead atoms. The summed E-state index contributed by atoms with van der Waals surface area (Å²) >= 11 is 0. The van der Waals surface area contributed by atoms with Crippen molar-refractivity contribution in [2.45, 2.75) is 6.04 Å². The molecule has 1 atom stereocenters. The Labute approximate surface area is 99.5 Å². The summed E-state index contributed by atoms with van der Waals surface area (Å²) in [6.45, 7) is 0.808. The molecular formula is C14H13FN2. The third-order valence-corrected chi connectivity index (χ3v) is 3.03. The molecule has 0 unspecified atom stereocenters. The highest BCUT2D eigenvalue weighted by Crippen LogP contribution is 2.30. The van der Waals surface area contributed by atoms with Crippen molar-refractivity contribution < 1.29 is 4.39 Å². The molecule has 1 aliphatic heterocycles. The minimum atomic E-state index is -0.196. The van der Waals surface area contributed by atoms with Gasteiger partial charge in [0.1, 0.15) is 5.82 Å². The molecule has 3 rings (SSSR count). The van der Waals surface area contributed by atoms with Crippen molar-refractivity contribution in [1.82, 2.24) is 0 Å². The summed E-state index contributed by atoms with van der Waals surface area (Å²) < 4.78 is 12.9. The monoisotopic (exact) mass is 228 g/mol. The van der Waals surface area contributed by atoms with Crippen LogP contribution in [-0.2, 0) is 0 Å². The van der Waals surface area contributed by atoms with E-state index in [9.17, 15) is 4.39 Å². The van der Waals surface area contributed by atoms with E-state index in [1.165, 1.54) is 12.1 Å². The number of nitrogens with one attached hydrogen (secondary N) is 2. The van der Waals surface area contributed by atoms with Gasteiger partial charge < -0.3 is 10.6 Å². The Hall–Kier alpha value is -2.03. The van der Waals surface area contributed by atoms with Crippen LogP contribution in [0.1, 0.15) is 11.6 Å². The van der Waals surface area contributed by atoms with E-state index in [0.29, 0.717) is 0 Å². The van der Waals surface area contributed by atoms with Crippen molar-refractivity contribution in [1.29, 1.82) is 0 Å². The van der Waals surface area contributed by atoms with E-state index in [-0.39, 0.29) is 11.9 Å². The van der Waals surface area contributed by atoms with Crippen LogP contribution in [0.3, 0.4) is 0 Å². The number of para-hydroxylation sites is 2. The molecule has 0 saturated carbocycles. The van der Waals surface area contributed by atoms with E-state index in [0.717, 1.165) is 23.5 Å². The first-order chi connectivity index (χ1) is 8.33. The molecule has 86 valence electrons. The lowest BCUT2D eigenvalue weighted by molar-refractivity contribution is 0.626. The number of halogens is 1. The molecule has 2 aromatic rings. The SMILES string of the molecule is Fc1ccc([C@@H]2CNc3ccccc3N2)cc1. The average Bonchev–Trinajstić information content (AvgIpc) is 2.39. The summed E-state index contributed by atoms with van der Waals surface area (Å²) in [4.78, 5) is 0. The zero-order valence-corrected chi connectivity index (χ0v) is 9.28. The Balaban J connectivity index is 1.86. The highest BCUT2D eigenvalue weighted by atomic mass is 19.1. The number of hydrogen-bond donors (Lipinski definition) is 2. The fourth-order valence-corrected chi connectivity index (χ4v) is 2.11. The third kappa shape index (κ3) is 1.96. The molecule has 1 heterocycles. The van der Waals surface area contributed by atoms with Gasteiger partial charge >= 0.3 is 0 Å². The second-order valence-corrected chi connectivity index (χ2v) is 4.17. The largest absolute Gasteiger partial charge is 0.381 e. The standard InChI is InChI=1S/C14H13FN2/c15-11-7-5-10(6-8-11)14-9-16-12-3-1-2-4-13(12)17-14/h1-8,14,16-17H,9H2/t14-/m0/s1. The molecule has 0 aliphatic carbocycles. The number of benzene rings is 2. The highest BCUT2D eigenvalue weighted by molar-refractivity contribution is 5.71. The number of hydrogen-bond acceptors (Lipinski definition) is 2. The van der Waals surface area contributed by atoms with Crippen molar-refractivity contribution >= 4 is 11.4 Å². The third-order valence-electron chi connectivity index (χ3n) is 3.03. The van der Waals surface area contributed by atoms with E-state index in [1.54, 1.807) is 0 Å². The molecule has 0 aromatic heterocycles. The van der Waals surface area contributed by atoms with Gasteiger partial charge in [-0.3, -0.25) is 0 Å². The Kier molecular flexibility index (Phi) is 2.44. The van der Waals surface area contributed by atoms with Gasteiger partial charge in [-0.25, -0.2) is 4.39 Å². The van der Waals surface area contributed by atoms with Crippen molar-refractivity contribution in [3.8, 4) is 0 Å². The van der Waals surface area contributed by atoms with Crippen LogP contribution in [0.2, 0.25) is 0 Å². The van der Waals surface area contributed by atoms with Crippen LogP contribution in [0.5, 0.6) is 0 Å². The zero-order chi connectivity index (χ0) is 11.7. The number of fused-ring (bicyclic) bond motifs is 1. The van der Waals surface area contributed by atoms with Crippen molar-refractivity contribution in [2.24, 2.45) is 0 Å². The predicted molar refractivity (Wildman–Crippen MR) is 67.7 cm³/mol. The van der Waals surface area contributed by atoms with Gasteiger partial charge in [-0.1, -0.05) is 24.3 Å². The van der Waals surface area contributed by atoms with Gasteiger partial charge in [-0.2, -0.15) is 0 Å². The second-order valence-electron chi connectivity index (χ2n) is 4.17. The van der Waals surface area contributed by atoms with E-state index in [2.05, 4.69) is 10.6 Å². The van der Waals surface area contributed by atoms with Crippen molar-refractivity contribution in [3.63, 3.8) is 0 Å². The quantitative estimate of drug-likeness (QED) is 0.781. The molecule has 0 saturated heterocycles. The molecular weight excluding hydrogens is 215 g/mol. The van der Waals surface area contributed by atoms with Crippen LogP contribution in [-0.4, -0.2) is 6.54 Å². The van der Waals surface area contributed by atoms with Crippen LogP contribution in [0.15, 0.2) is 48.5 Å². The zero-order valence-electron chi connectivity index (χ0n) is 9.28. The Morgan fingerprint density at radius 1 is 0.941 bits per heavy atom. The predicted octanol–water partition coefficient (Wildman–Crippen LogP) is 3.40. The first-order valence-electron chi connectivity index (χ1n) is 5.68. The molecule has 2 N–H and O–H groups in total. The molecule has 0 radical (unpaired) electrons. The lowest BCUT2D eigenvalue weighted by atomic mass is 10.0. The molecule has 1 aliphatic rings. The fraction of sp³-hybridized carbons (Fsp3) is 0.143. The topological polar surface area (TPSA) is 24.1 Å². The normalized spacial score (nSPS) is 17.8. The van der Waals surface area contributed by atoms with Crippen LogP contribution >= 0.6 is 0 Å². The maximum absolute atomic E-state index is 12.9. The lowest BCUT2D eigenvalue weighted by Gasteiger charge is -2.28. The van der Waals surface area contributed by atoms with E-state index < -0.39 is 0 Å². The molecule has 0 fully saturated rings. The van der Waals surface area contributed by atoms with Gasteiger partial charge in [0.25, 0.3) is 0 Å². The minimum Gasteiger partial charge on any atom is -0.381 e. The summed E-state index contributed by atoms with van der Waals surface area (Å²) in [5.74, 6) is -0.196. The van der Waals surface area contributed by atoms with Crippen LogP contribution in [0.4, 0.5) is 15.8 Å². The lowest BCUT2D eigenvalue weighted by Crippen LogP contribution is -2.25. The average molecular weight is 228 g/mol. The Morgan fingerprint density at radius 2 is 1.65 bits per heavy atom. The van der Waals surface area contributed by atoms with Crippen LogP contribution < -0.4 is 10.6 Å². The van der Waals surface area contributed by atoms with Crippen molar-refractivity contribution in [3.05, 3.63) is 59.9 Å². The van der Waals surface area contributed by atoms with Gasteiger partial charge in [-0.05, 0) is 29.8 Å². The minimum absolute atomic E-state index is 0.186. The van der Waals surface area contributed by atoms with E-state index in [4.69, 9.17) is 0 Å². The number of rotatable bonds is 1. The van der Waals surface area contributed by atoms with Gasteiger partial charge in [0.05, 0.1) is 17.4 Å². The van der Waals surface area contributed by atoms with Gasteiger partial charge in [0.2, 0.25) is 0 Å². The summed E-state index contributed by atoms with van der Waals surface area (Å²) in [6, 6.07) is 14.9. The summed E-state index contributed by atoms with van der Waals surface area (Å²) in [5.41, 5.74) is 3.30. The molecule has 0 amide bonds. The van der Waals surface area contributed by atoms with Crippen LogP contribution in [0, 0.1) is 5.82 Å². The second kappa shape index (κ2) is 4.09. The Bertz CT molecular complexity index is 522. The summed E-state index contributed by atoms with van der Waals surface area (Å²) in [7, 11) is 0. The van der Waals surface area contributed by atoms with E-state index >= 15 is 0 Å². The molecule has 2 aromatic carbocycles. The Morgan fingerprint density at radius 3 is 2.41 bits per heavy atom. The first kappa shape index (κ1) is 10.1. The van der Waals surface area contributed by atoms with Gasteiger partial charge in [0, 0.05) is 6.54 Å². The number of anilines is 2. The molecule has 2 nitrogen and oxygen atoms in total. The fourth-order valence-electron chi connectivity index (χ4n) is 2.11. The first-order valence-corrected chi connectivity index (χ1v) is 5.68. The maximum Gasteiger partial charge on any atom is 0.123 e. The summed E-state index contributed by atoms with van der Waals surface area (Å²) in [5, 5.41) is 6.82. The van der Waals surface area contributed by atoms with Gasteiger partial charge in [-0.15, -0.1) is 0 Å². The molecule has 17 heavy (non-hydrogen) atoms. The molecule has 3 heteroatoms. The van der Waals surface area contributed by atoms with Crippen LogP contribution in [0.25, 0.3) is 0 Å². The summed E-state index contributed by atoms with van der Waals surface area (Å²) in [6.07, 6.45) is 0. The highest BCUT2D eigenvalue weighted by Gasteiger charge is 2.17. The van der Waals surface area contributed by atoms with Gasteiger partial charge in [0.15, 0.2) is 0 Å². The molecule has 0 spiro atoms. The maximum atomic E-state index is 12.9. The van der Waals surface area contributed by atoms with E-state index in [1.807, 2.05) is 36.4 Å².